The minimum absolute atomic E-state index is 0.135. The van der Waals surface area contributed by atoms with E-state index >= 15 is 0 Å². The monoisotopic (exact) mass is 493 g/mol. The van der Waals surface area contributed by atoms with Crippen molar-refractivity contribution in [1.82, 2.24) is 9.21 Å². The number of sulfonamides is 1. The van der Waals surface area contributed by atoms with Crippen molar-refractivity contribution < 1.29 is 21.6 Å². The summed E-state index contributed by atoms with van der Waals surface area (Å²) in [4.78, 5) is 14.2. The molecule has 0 bridgehead atoms. The van der Waals surface area contributed by atoms with Gasteiger partial charge in [-0.3, -0.25) is 9.69 Å². The number of amides is 1. The van der Waals surface area contributed by atoms with Crippen LogP contribution in [0.3, 0.4) is 0 Å². The SMILES string of the molecule is Cc1cccc(NC(=O)CN2CC(C)N(S(=O)(=O)c3ccccc3S(C)(=O)=O)C(C)C2)c1C. The zero-order valence-electron chi connectivity index (χ0n) is 19.6. The third-order valence-corrected chi connectivity index (χ3v) is 9.43. The number of sulfone groups is 1. The van der Waals surface area contributed by atoms with E-state index in [-0.39, 0.29) is 22.2 Å². The van der Waals surface area contributed by atoms with Crippen molar-refractivity contribution in [3.05, 3.63) is 53.6 Å². The molecule has 10 heteroatoms. The molecule has 2 unspecified atom stereocenters. The Morgan fingerprint density at radius 2 is 1.52 bits per heavy atom. The number of anilines is 1. The summed E-state index contributed by atoms with van der Waals surface area (Å²) in [6.45, 7) is 8.31. The Hall–Kier alpha value is -2.27. The van der Waals surface area contributed by atoms with E-state index in [0.717, 1.165) is 23.1 Å². The summed E-state index contributed by atoms with van der Waals surface area (Å²) in [5.74, 6) is -0.165. The van der Waals surface area contributed by atoms with Crippen molar-refractivity contribution in [2.45, 2.75) is 49.6 Å². The fraction of sp³-hybridized carbons (Fsp3) is 0.435. The van der Waals surface area contributed by atoms with Crippen LogP contribution in [0, 0.1) is 13.8 Å². The van der Waals surface area contributed by atoms with Gasteiger partial charge < -0.3 is 5.32 Å². The van der Waals surface area contributed by atoms with Crippen LogP contribution in [0.5, 0.6) is 0 Å². The summed E-state index contributed by atoms with van der Waals surface area (Å²) < 4.78 is 52.7. The number of nitrogens with zero attached hydrogens (tertiary/aromatic N) is 2. The maximum atomic E-state index is 13.5. The van der Waals surface area contributed by atoms with E-state index in [9.17, 15) is 21.6 Å². The Labute approximate surface area is 196 Å². The minimum Gasteiger partial charge on any atom is -0.325 e. The van der Waals surface area contributed by atoms with Gasteiger partial charge in [-0.15, -0.1) is 0 Å². The summed E-state index contributed by atoms with van der Waals surface area (Å²) >= 11 is 0. The number of rotatable bonds is 6. The highest BCUT2D eigenvalue weighted by atomic mass is 32.2. The zero-order valence-corrected chi connectivity index (χ0v) is 21.2. The molecule has 2 aromatic carbocycles. The second-order valence-electron chi connectivity index (χ2n) is 8.74. The van der Waals surface area contributed by atoms with Crippen molar-refractivity contribution in [3.63, 3.8) is 0 Å². The zero-order chi connectivity index (χ0) is 24.6. The molecule has 0 spiro atoms. The van der Waals surface area contributed by atoms with Gasteiger partial charge >= 0.3 is 0 Å². The average molecular weight is 494 g/mol. The molecule has 33 heavy (non-hydrogen) atoms. The van der Waals surface area contributed by atoms with Crippen LogP contribution in [-0.2, 0) is 24.7 Å². The highest BCUT2D eigenvalue weighted by molar-refractivity contribution is 7.93. The van der Waals surface area contributed by atoms with Crippen molar-refractivity contribution in [2.24, 2.45) is 0 Å². The number of aryl methyl sites for hydroxylation is 1. The van der Waals surface area contributed by atoms with Crippen LogP contribution in [0.2, 0.25) is 0 Å². The van der Waals surface area contributed by atoms with E-state index in [1.165, 1.54) is 28.6 Å². The van der Waals surface area contributed by atoms with Crippen LogP contribution >= 0.6 is 0 Å². The first-order valence-corrected chi connectivity index (χ1v) is 14.1. The molecule has 180 valence electrons. The molecule has 1 N–H and O–H groups in total. The first-order valence-electron chi connectivity index (χ1n) is 10.7. The van der Waals surface area contributed by atoms with Crippen LogP contribution in [-0.4, -0.2) is 69.9 Å². The van der Waals surface area contributed by atoms with Crippen LogP contribution in [0.4, 0.5) is 5.69 Å². The number of nitrogens with one attached hydrogen (secondary N) is 1. The maximum Gasteiger partial charge on any atom is 0.244 e. The molecule has 1 heterocycles. The van der Waals surface area contributed by atoms with Crippen molar-refractivity contribution in [3.8, 4) is 0 Å². The van der Waals surface area contributed by atoms with Crippen molar-refractivity contribution >= 4 is 31.5 Å². The highest BCUT2D eigenvalue weighted by Gasteiger charge is 2.40. The number of carbonyl (C=O) groups excluding carboxylic acids is 1. The van der Waals surface area contributed by atoms with E-state index in [4.69, 9.17) is 0 Å². The molecular weight excluding hydrogens is 462 g/mol. The lowest BCUT2D eigenvalue weighted by Crippen LogP contribution is -2.59. The van der Waals surface area contributed by atoms with Gasteiger partial charge in [-0.05, 0) is 57.0 Å². The summed E-state index contributed by atoms with van der Waals surface area (Å²) in [7, 11) is -7.78. The number of hydrogen-bond donors (Lipinski definition) is 1. The van der Waals surface area contributed by atoms with Gasteiger partial charge in [-0.2, -0.15) is 4.31 Å². The molecule has 2 atom stereocenters. The van der Waals surface area contributed by atoms with Crippen LogP contribution < -0.4 is 5.32 Å². The lowest BCUT2D eigenvalue weighted by atomic mass is 10.1. The lowest BCUT2D eigenvalue weighted by Gasteiger charge is -2.43. The summed E-state index contributed by atoms with van der Waals surface area (Å²) in [5.41, 5.74) is 2.86. The molecule has 0 radical (unpaired) electrons. The Morgan fingerprint density at radius 3 is 2.09 bits per heavy atom. The van der Waals surface area contributed by atoms with E-state index in [1.54, 1.807) is 13.8 Å². The molecule has 2 aromatic rings. The van der Waals surface area contributed by atoms with Crippen molar-refractivity contribution in [1.29, 1.82) is 0 Å². The van der Waals surface area contributed by atoms with E-state index in [0.29, 0.717) is 13.1 Å². The average Bonchev–Trinajstić information content (AvgIpc) is 2.70. The van der Waals surface area contributed by atoms with Gasteiger partial charge in [0, 0.05) is 37.1 Å². The third-order valence-electron chi connectivity index (χ3n) is 5.96. The quantitative estimate of drug-likeness (QED) is 0.663. The standard InChI is InChI=1S/C23H31N3O5S2/c1-16-9-8-10-20(19(16)4)24-23(27)15-25-13-17(2)26(18(3)14-25)33(30,31)22-12-7-6-11-21(22)32(5,28)29/h6-12,17-18H,13-15H2,1-5H3,(H,24,27). The van der Waals surface area contributed by atoms with Gasteiger partial charge in [0.2, 0.25) is 15.9 Å². The van der Waals surface area contributed by atoms with E-state index < -0.39 is 31.9 Å². The maximum absolute atomic E-state index is 13.5. The molecule has 1 aliphatic rings. The summed E-state index contributed by atoms with van der Waals surface area (Å²) in [5, 5.41) is 2.94. The van der Waals surface area contributed by atoms with Gasteiger partial charge in [-0.25, -0.2) is 16.8 Å². The Bertz CT molecular complexity index is 1250. The van der Waals surface area contributed by atoms with Gasteiger partial charge in [-0.1, -0.05) is 24.3 Å². The van der Waals surface area contributed by atoms with Crippen LogP contribution in [0.15, 0.2) is 52.3 Å². The fourth-order valence-electron chi connectivity index (χ4n) is 4.38. The van der Waals surface area contributed by atoms with Gasteiger partial charge in [0.1, 0.15) is 4.90 Å². The van der Waals surface area contributed by atoms with Gasteiger partial charge in [0.05, 0.1) is 11.4 Å². The summed E-state index contributed by atoms with van der Waals surface area (Å²) in [6, 6.07) is 10.5. The molecule has 1 amide bonds. The number of hydrogen-bond acceptors (Lipinski definition) is 6. The Kier molecular flexibility index (Phi) is 7.33. The molecule has 0 saturated carbocycles. The van der Waals surface area contributed by atoms with E-state index in [2.05, 4.69) is 5.32 Å². The molecule has 0 aliphatic carbocycles. The van der Waals surface area contributed by atoms with Crippen LogP contribution in [0.1, 0.15) is 25.0 Å². The molecule has 1 saturated heterocycles. The summed E-state index contributed by atoms with van der Waals surface area (Å²) in [6.07, 6.45) is 1.00. The number of carbonyl (C=O) groups is 1. The first kappa shape index (κ1) is 25.4. The Morgan fingerprint density at radius 1 is 0.939 bits per heavy atom. The largest absolute Gasteiger partial charge is 0.325 e. The molecule has 3 rings (SSSR count). The number of benzene rings is 2. The van der Waals surface area contributed by atoms with Gasteiger partial charge in [0.25, 0.3) is 0 Å². The molecular formula is C23H31N3O5S2. The smallest absolute Gasteiger partial charge is 0.244 e. The lowest BCUT2D eigenvalue weighted by molar-refractivity contribution is -0.118. The normalized spacial score (nSPS) is 20.5. The second-order valence-corrected chi connectivity index (χ2v) is 12.5. The third kappa shape index (κ3) is 5.46. The predicted molar refractivity (Wildman–Crippen MR) is 128 cm³/mol. The van der Waals surface area contributed by atoms with Crippen molar-refractivity contribution in [2.75, 3.05) is 31.2 Å². The molecule has 1 aliphatic heterocycles. The predicted octanol–water partition coefficient (Wildman–Crippen LogP) is 2.43. The van der Waals surface area contributed by atoms with Gasteiger partial charge in [0.15, 0.2) is 9.84 Å². The van der Waals surface area contributed by atoms with Crippen LogP contribution in [0.25, 0.3) is 0 Å². The fourth-order valence-corrected chi connectivity index (χ4v) is 7.79. The second kappa shape index (κ2) is 9.54. The topological polar surface area (TPSA) is 104 Å². The number of piperazine rings is 1. The molecule has 1 fully saturated rings. The minimum atomic E-state index is -4.06. The Balaban J connectivity index is 1.76. The first-order chi connectivity index (χ1) is 15.3. The highest BCUT2D eigenvalue weighted by Crippen LogP contribution is 2.29. The molecule has 8 nitrogen and oxygen atoms in total. The molecule has 0 aromatic heterocycles. The van der Waals surface area contributed by atoms with E-state index in [1.807, 2.05) is 36.9 Å².